The van der Waals surface area contributed by atoms with Crippen LogP contribution in [0.5, 0.6) is 0 Å². The Labute approximate surface area is 207 Å². The molecule has 196 valence electrons. The molecule has 4 aliphatic rings. The summed E-state index contributed by atoms with van der Waals surface area (Å²) in [5.74, 6) is 3.16. The standard InChI is InChI=1S/C29H51NO4/c1-17(16-30-19(3)31)6-9-25(33)18(2)27-26(34)15-24-22-8-7-20-14-21(32)10-12-28(20,4)23(22)11-13-29(24,27)5/h17-18,20-27,32-34H,6-16H2,1-5H3,(H,30,31)/t17?,18-,20?,21?,22-,23+,24+,25?,26?,27+,28+,29+/m1/s1. The number of carbonyl (C=O) groups excluding carboxylic acids is 1. The first kappa shape index (κ1) is 26.4. The molecule has 0 saturated heterocycles. The molecule has 0 heterocycles. The van der Waals surface area contributed by atoms with Gasteiger partial charge in [0.25, 0.3) is 0 Å². The van der Waals surface area contributed by atoms with Crippen LogP contribution in [0.3, 0.4) is 0 Å². The molecule has 0 radical (unpaired) electrons. The Morgan fingerprint density at radius 1 is 0.971 bits per heavy atom. The molecule has 5 heteroatoms. The van der Waals surface area contributed by atoms with Crippen LogP contribution >= 0.6 is 0 Å². The van der Waals surface area contributed by atoms with Gasteiger partial charge in [-0.3, -0.25) is 4.79 Å². The van der Waals surface area contributed by atoms with Gasteiger partial charge in [-0.25, -0.2) is 0 Å². The monoisotopic (exact) mass is 477 g/mol. The third-order valence-electron chi connectivity index (χ3n) is 11.6. The molecule has 4 fully saturated rings. The van der Waals surface area contributed by atoms with E-state index in [0.29, 0.717) is 35.6 Å². The smallest absolute Gasteiger partial charge is 0.216 e. The Morgan fingerprint density at radius 2 is 1.68 bits per heavy atom. The first-order valence-electron chi connectivity index (χ1n) is 14.3. The Kier molecular flexibility index (Phi) is 7.78. The van der Waals surface area contributed by atoms with Crippen LogP contribution in [0.25, 0.3) is 0 Å². The number of hydrogen-bond acceptors (Lipinski definition) is 4. The zero-order valence-electron chi connectivity index (χ0n) is 22.3. The number of amides is 1. The lowest BCUT2D eigenvalue weighted by molar-refractivity contribution is -0.133. The molecule has 0 aliphatic heterocycles. The highest BCUT2D eigenvalue weighted by atomic mass is 16.3. The van der Waals surface area contributed by atoms with Crippen LogP contribution in [0.2, 0.25) is 0 Å². The van der Waals surface area contributed by atoms with E-state index in [4.69, 9.17) is 0 Å². The molecule has 0 spiro atoms. The molecule has 1 amide bonds. The molecule has 0 aromatic rings. The van der Waals surface area contributed by atoms with Gasteiger partial charge in [-0.2, -0.15) is 0 Å². The third kappa shape index (κ3) is 4.70. The van der Waals surface area contributed by atoms with Crippen molar-refractivity contribution in [3.63, 3.8) is 0 Å². The fourth-order valence-electron chi connectivity index (χ4n) is 9.62. The molecule has 5 unspecified atom stereocenters. The van der Waals surface area contributed by atoms with Gasteiger partial charge < -0.3 is 20.6 Å². The van der Waals surface area contributed by atoms with Gasteiger partial charge in [-0.05, 0) is 116 Å². The number of fused-ring (bicyclic) bond motifs is 5. The van der Waals surface area contributed by atoms with Gasteiger partial charge in [-0.1, -0.05) is 27.7 Å². The number of hydrogen-bond donors (Lipinski definition) is 4. The lowest BCUT2D eigenvalue weighted by Gasteiger charge is -2.61. The van der Waals surface area contributed by atoms with E-state index >= 15 is 0 Å². The summed E-state index contributed by atoms with van der Waals surface area (Å²) in [5.41, 5.74) is 0.446. The predicted octanol–water partition coefficient (Wildman–Crippen LogP) is 4.53. The number of rotatable bonds is 7. The molecule has 0 aromatic heterocycles. The Balaban J connectivity index is 1.43. The van der Waals surface area contributed by atoms with E-state index in [0.717, 1.165) is 50.9 Å². The second kappa shape index (κ2) is 10.0. The summed E-state index contributed by atoms with van der Waals surface area (Å²) in [6.45, 7) is 11.4. The Morgan fingerprint density at radius 3 is 2.38 bits per heavy atom. The molecular formula is C29H51NO4. The van der Waals surface area contributed by atoms with Crippen LogP contribution in [-0.2, 0) is 4.79 Å². The van der Waals surface area contributed by atoms with Crippen molar-refractivity contribution < 1.29 is 20.1 Å². The summed E-state index contributed by atoms with van der Waals surface area (Å²) in [4.78, 5) is 11.2. The summed E-state index contributed by atoms with van der Waals surface area (Å²) < 4.78 is 0. The van der Waals surface area contributed by atoms with Gasteiger partial charge >= 0.3 is 0 Å². The van der Waals surface area contributed by atoms with Crippen LogP contribution in [-0.4, -0.2) is 46.1 Å². The average Bonchev–Trinajstić information content (AvgIpc) is 3.05. The topological polar surface area (TPSA) is 89.8 Å². The van der Waals surface area contributed by atoms with Gasteiger partial charge in [0.05, 0.1) is 18.3 Å². The van der Waals surface area contributed by atoms with Crippen LogP contribution < -0.4 is 5.32 Å². The molecule has 34 heavy (non-hydrogen) atoms. The highest BCUT2D eigenvalue weighted by Gasteiger charge is 2.63. The predicted molar refractivity (Wildman–Crippen MR) is 135 cm³/mol. The molecule has 4 saturated carbocycles. The van der Waals surface area contributed by atoms with E-state index in [9.17, 15) is 20.1 Å². The number of aliphatic hydroxyl groups is 3. The average molecular weight is 478 g/mol. The Bertz CT molecular complexity index is 729. The second-order valence-electron chi connectivity index (χ2n) is 13.5. The molecule has 0 bridgehead atoms. The van der Waals surface area contributed by atoms with Gasteiger partial charge in [-0.15, -0.1) is 0 Å². The first-order chi connectivity index (χ1) is 16.0. The molecule has 12 atom stereocenters. The summed E-state index contributed by atoms with van der Waals surface area (Å²) >= 11 is 0. The third-order valence-corrected chi connectivity index (χ3v) is 11.6. The largest absolute Gasteiger partial charge is 0.393 e. The minimum atomic E-state index is -0.416. The molecule has 4 rings (SSSR count). The SMILES string of the molecule is CC(=O)NCC(C)CCC(O)[C@@H](C)[C@H]1C(O)C[C@H]2[C@@H]3CCC4CC(O)CC[C@]4(C)[C@H]3CC[C@]12C. The fraction of sp³-hybridized carbons (Fsp3) is 0.966. The van der Waals surface area contributed by atoms with Crippen LogP contribution in [0.1, 0.15) is 98.8 Å². The van der Waals surface area contributed by atoms with E-state index in [1.165, 1.54) is 19.3 Å². The lowest BCUT2D eigenvalue weighted by atomic mass is 9.44. The molecule has 0 aromatic carbocycles. The van der Waals surface area contributed by atoms with E-state index in [2.05, 4.69) is 33.0 Å². The van der Waals surface area contributed by atoms with Crippen LogP contribution in [0.4, 0.5) is 0 Å². The molecule has 4 N–H and O–H groups in total. The minimum Gasteiger partial charge on any atom is -0.393 e. The summed E-state index contributed by atoms with van der Waals surface area (Å²) in [6, 6.07) is 0. The van der Waals surface area contributed by atoms with Crippen molar-refractivity contribution in [2.24, 2.45) is 52.3 Å². The van der Waals surface area contributed by atoms with Crippen molar-refractivity contribution >= 4 is 5.91 Å². The maximum atomic E-state index is 11.4. The number of aliphatic hydroxyl groups excluding tert-OH is 3. The van der Waals surface area contributed by atoms with E-state index in [1.807, 2.05) is 0 Å². The zero-order valence-corrected chi connectivity index (χ0v) is 22.3. The van der Waals surface area contributed by atoms with Crippen molar-refractivity contribution in [2.75, 3.05) is 6.54 Å². The second-order valence-corrected chi connectivity index (χ2v) is 13.5. The summed E-state index contributed by atoms with van der Waals surface area (Å²) in [6.07, 6.45) is 9.60. The van der Waals surface area contributed by atoms with Gasteiger partial charge in [0.15, 0.2) is 0 Å². The van der Waals surface area contributed by atoms with Gasteiger partial charge in [0, 0.05) is 13.5 Å². The summed E-state index contributed by atoms with van der Waals surface area (Å²) in [5, 5.41) is 35.7. The van der Waals surface area contributed by atoms with Crippen molar-refractivity contribution in [2.45, 2.75) is 117 Å². The first-order valence-corrected chi connectivity index (χ1v) is 14.3. The molecule has 5 nitrogen and oxygen atoms in total. The summed E-state index contributed by atoms with van der Waals surface area (Å²) in [7, 11) is 0. The Hall–Kier alpha value is -0.650. The quantitative estimate of drug-likeness (QED) is 0.434. The number of nitrogens with one attached hydrogen (secondary N) is 1. The van der Waals surface area contributed by atoms with Crippen LogP contribution in [0, 0.1) is 52.3 Å². The van der Waals surface area contributed by atoms with Crippen molar-refractivity contribution in [3.05, 3.63) is 0 Å². The van der Waals surface area contributed by atoms with Crippen molar-refractivity contribution in [1.29, 1.82) is 0 Å². The fourth-order valence-corrected chi connectivity index (χ4v) is 9.62. The zero-order chi connectivity index (χ0) is 24.8. The van der Waals surface area contributed by atoms with Crippen LogP contribution in [0.15, 0.2) is 0 Å². The maximum Gasteiger partial charge on any atom is 0.216 e. The highest BCUT2D eigenvalue weighted by molar-refractivity contribution is 5.72. The maximum absolute atomic E-state index is 11.4. The lowest BCUT2D eigenvalue weighted by Crippen LogP contribution is -2.54. The number of carbonyl (C=O) groups is 1. The highest BCUT2D eigenvalue weighted by Crippen LogP contribution is 2.68. The van der Waals surface area contributed by atoms with E-state index in [1.54, 1.807) is 6.92 Å². The van der Waals surface area contributed by atoms with E-state index < -0.39 is 6.10 Å². The van der Waals surface area contributed by atoms with E-state index in [-0.39, 0.29) is 35.4 Å². The minimum absolute atomic E-state index is 0.00304. The molecule has 4 aliphatic carbocycles. The van der Waals surface area contributed by atoms with Crippen molar-refractivity contribution in [1.82, 2.24) is 5.32 Å². The van der Waals surface area contributed by atoms with Gasteiger partial charge in [0.2, 0.25) is 5.91 Å². The van der Waals surface area contributed by atoms with Gasteiger partial charge in [0.1, 0.15) is 0 Å². The normalized spacial score (nSPS) is 46.5. The van der Waals surface area contributed by atoms with Crippen molar-refractivity contribution in [3.8, 4) is 0 Å². The molecular weight excluding hydrogens is 426 g/mol.